The Balaban J connectivity index is 0.979. The van der Waals surface area contributed by atoms with Crippen LogP contribution in [0.3, 0.4) is 0 Å². The van der Waals surface area contributed by atoms with E-state index in [9.17, 15) is 0 Å². The third-order valence-electron chi connectivity index (χ3n) is 12.9. The van der Waals surface area contributed by atoms with E-state index in [1.807, 2.05) is 36.4 Å². The molecule has 1 aromatic heterocycles. The molecule has 0 amide bonds. The average Bonchev–Trinajstić information content (AvgIpc) is 3.79. The standard InChI is InChI=1S/C66H46N2/c1-4-20-47(21-5-1)50-26-16-30-55(42-50)67(56-31-17-27-51(43-56)48-22-6-2-7-23-48)57-32-18-28-52(44-57)61-36-12-13-37-62(61)54-40-41-64-63-38-14-15-39-65(63)68(66(64)46-54)58-33-19-29-53(45-58)60-35-11-10-34-59(60)49-24-8-3-9-25-49/h1-46H/i3D,8D,9D,24D,25D. The molecule has 0 radical (unpaired) electrons. The zero-order valence-corrected chi connectivity index (χ0v) is 37.1. The average molecular weight is 872 g/mol. The van der Waals surface area contributed by atoms with Crippen molar-refractivity contribution in [3.63, 3.8) is 0 Å². The summed E-state index contributed by atoms with van der Waals surface area (Å²) >= 11 is 0. The molecule has 0 saturated heterocycles. The second kappa shape index (κ2) is 17.8. The summed E-state index contributed by atoms with van der Waals surface area (Å²) in [7, 11) is 0. The molecule has 1 heterocycles. The van der Waals surface area contributed by atoms with Gasteiger partial charge in [0, 0.05) is 33.5 Å². The highest BCUT2D eigenvalue weighted by molar-refractivity contribution is 6.10. The van der Waals surface area contributed by atoms with Crippen LogP contribution >= 0.6 is 0 Å². The fourth-order valence-electron chi connectivity index (χ4n) is 9.72. The molecule has 0 aliphatic carbocycles. The van der Waals surface area contributed by atoms with E-state index in [0.29, 0.717) is 5.56 Å². The van der Waals surface area contributed by atoms with Gasteiger partial charge in [-0.3, -0.25) is 0 Å². The van der Waals surface area contributed by atoms with Crippen LogP contribution in [0.15, 0.2) is 279 Å². The van der Waals surface area contributed by atoms with Crippen molar-refractivity contribution >= 4 is 38.9 Å². The number of aromatic nitrogens is 1. The van der Waals surface area contributed by atoms with Gasteiger partial charge in [0.2, 0.25) is 0 Å². The summed E-state index contributed by atoms with van der Waals surface area (Å²) in [5.74, 6) is 0. The summed E-state index contributed by atoms with van der Waals surface area (Å²) in [6.07, 6.45) is 0. The maximum absolute atomic E-state index is 8.82. The van der Waals surface area contributed by atoms with Crippen molar-refractivity contribution in [3.8, 4) is 72.4 Å². The minimum atomic E-state index is -0.409. The second-order valence-corrected chi connectivity index (χ2v) is 16.9. The smallest absolute Gasteiger partial charge is 0.0629 e. The maximum Gasteiger partial charge on any atom is 0.0629 e. The van der Waals surface area contributed by atoms with Crippen molar-refractivity contribution in [3.05, 3.63) is 279 Å². The molecule has 0 aliphatic rings. The van der Waals surface area contributed by atoms with Gasteiger partial charge in [0.15, 0.2) is 0 Å². The molecule has 0 atom stereocenters. The van der Waals surface area contributed by atoms with Gasteiger partial charge >= 0.3 is 0 Å². The van der Waals surface area contributed by atoms with E-state index in [2.05, 4.69) is 222 Å². The predicted molar refractivity (Wildman–Crippen MR) is 288 cm³/mol. The van der Waals surface area contributed by atoms with Crippen LogP contribution in [0.4, 0.5) is 17.1 Å². The van der Waals surface area contributed by atoms with Crippen LogP contribution in [0.1, 0.15) is 6.85 Å². The highest BCUT2D eigenvalue weighted by Gasteiger charge is 2.19. The fourth-order valence-corrected chi connectivity index (χ4v) is 9.72. The Bertz CT molecular complexity index is 3940. The maximum atomic E-state index is 8.82. The third kappa shape index (κ3) is 7.64. The second-order valence-electron chi connectivity index (χ2n) is 16.9. The molecule has 12 aromatic rings. The number of rotatable bonds is 10. The highest BCUT2D eigenvalue weighted by Crippen LogP contribution is 2.43. The number of benzene rings is 11. The first-order valence-electron chi connectivity index (χ1n) is 25.4. The topological polar surface area (TPSA) is 8.17 Å². The lowest BCUT2D eigenvalue weighted by Gasteiger charge is -2.27. The quantitative estimate of drug-likeness (QED) is 0.133. The van der Waals surface area contributed by atoms with E-state index in [0.717, 1.165) is 100 Å². The minimum absolute atomic E-state index is 0.181. The molecule has 11 aromatic carbocycles. The molecule has 0 N–H and O–H groups in total. The Labute approximate surface area is 405 Å². The first kappa shape index (κ1) is 35.3. The van der Waals surface area contributed by atoms with Crippen molar-refractivity contribution in [1.29, 1.82) is 0 Å². The van der Waals surface area contributed by atoms with Crippen molar-refractivity contribution < 1.29 is 6.85 Å². The van der Waals surface area contributed by atoms with Gasteiger partial charge in [-0.1, -0.05) is 218 Å². The zero-order chi connectivity index (χ0) is 49.6. The SMILES string of the molecule is [2H]c1c([2H])c([2H])c(-c2ccccc2-c2cccc(-n3c4ccccc4c4ccc(-c5ccccc5-c5cccc(N(c6cccc(-c7ccccc7)c6)c6cccc(-c7ccccc7)c6)c5)cc43)c2)c([2H])c1[2H]. The van der Waals surface area contributed by atoms with Gasteiger partial charge < -0.3 is 9.47 Å². The molecule has 0 bridgehead atoms. The Hall–Kier alpha value is -8.98. The van der Waals surface area contributed by atoms with Crippen LogP contribution in [0, 0.1) is 0 Å². The van der Waals surface area contributed by atoms with E-state index in [1.165, 1.54) is 0 Å². The molecule has 0 fully saturated rings. The van der Waals surface area contributed by atoms with Crippen molar-refractivity contribution in [2.75, 3.05) is 4.90 Å². The molecule has 68 heavy (non-hydrogen) atoms. The van der Waals surface area contributed by atoms with Crippen molar-refractivity contribution in [2.45, 2.75) is 0 Å². The lowest BCUT2D eigenvalue weighted by Crippen LogP contribution is -2.10. The summed E-state index contributed by atoms with van der Waals surface area (Å²) in [6, 6.07) is 85.5. The fraction of sp³-hybridized carbons (Fsp3) is 0. The summed E-state index contributed by atoms with van der Waals surface area (Å²) < 4.78 is 45.0. The Morgan fingerprint density at radius 1 is 0.279 bits per heavy atom. The van der Waals surface area contributed by atoms with E-state index in [-0.39, 0.29) is 29.7 Å². The summed E-state index contributed by atoms with van der Waals surface area (Å²) in [4.78, 5) is 2.35. The lowest BCUT2D eigenvalue weighted by atomic mass is 9.93. The van der Waals surface area contributed by atoms with Gasteiger partial charge in [-0.05, 0) is 127 Å². The summed E-state index contributed by atoms with van der Waals surface area (Å²) in [5.41, 5.74) is 17.5. The minimum Gasteiger partial charge on any atom is -0.310 e. The van der Waals surface area contributed by atoms with Crippen LogP contribution in [0.25, 0.3) is 94.3 Å². The van der Waals surface area contributed by atoms with E-state index in [1.54, 1.807) is 0 Å². The molecule has 2 heteroatoms. The molecule has 0 spiro atoms. The number of anilines is 3. The van der Waals surface area contributed by atoms with Gasteiger partial charge in [-0.15, -0.1) is 0 Å². The Morgan fingerprint density at radius 2 is 0.706 bits per heavy atom. The zero-order valence-electron chi connectivity index (χ0n) is 42.1. The molecular weight excluding hydrogens is 821 g/mol. The summed E-state index contributed by atoms with van der Waals surface area (Å²) in [6.45, 7) is 0. The third-order valence-corrected chi connectivity index (χ3v) is 12.9. The van der Waals surface area contributed by atoms with Crippen LogP contribution in [-0.4, -0.2) is 4.57 Å². The van der Waals surface area contributed by atoms with Crippen LogP contribution in [-0.2, 0) is 0 Å². The van der Waals surface area contributed by atoms with Crippen LogP contribution in [0.5, 0.6) is 0 Å². The van der Waals surface area contributed by atoms with Gasteiger partial charge in [0.05, 0.1) is 17.9 Å². The molecular formula is C66H46N2. The number of para-hydroxylation sites is 1. The Kier molecular flexibility index (Phi) is 9.23. The molecule has 0 saturated carbocycles. The van der Waals surface area contributed by atoms with E-state index < -0.39 is 6.04 Å². The highest BCUT2D eigenvalue weighted by atomic mass is 15.1. The van der Waals surface area contributed by atoms with Gasteiger partial charge in [0.25, 0.3) is 0 Å². The number of nitrogens with zero attached hydrogens (tertiary/aromatic N) is 2. The number of fused-ring (bicyclic) bond motifs is 3. The van der Waals surface area contributed by atoms with Crippen LogP contribution < -0.4 is 4.90 Å². The normalized spacial score (nSPS) is 12.3. The number of hydrogen-bond acceptors (Lipinski definition) is 1. The van der Waals surface area contributed by atoms with Crippen molar-refractivity contribution in [1.82, 2.24) is 4.57 Å². The van der Waals surface area contributed by atoms with E-state index >= 15 is 0 Å². The number of hydrogen-bond donors (Lipinski definition) is 0. The summed E-state index contributed by atoms with van der Waals surface area (Å²) in [5, 5.41) is 2.25. The van der Waals surface area contributed by atoms with Crippen LogP contribution in [0.2, 0.25) is 0 Å². The van der Waals surface area contributed by atoms with Gasteiger partial charge in [-0.2, -0.15) is 0 Å². The molecule has 12 rings (SSSR count). The lowest BCUT2D eigenvalue weighted by molar-refractivity contribution is 1.18. The van der Waals surface area contributed by atoms with Gasteiger partial charge in [-0.25, -0.2) is 0 Å². The molecule has 320 valence electrons. The monoisotopic (exact) mass is 871 g/mol. The molecule has 2 nitrogen and oxygen atoms in total. The molecule has 0 unspecified atom stereocenters. The first-order chi connectivity index (χ1) is 35.8. The predicted octanol–water partition coefficient (Wildman–Crippen LogP) is 18.3. The first-order valence-corrected chi connectivity index (χ1v) is 22.9. The van der Waals surface area contributed by atoms with E-state index in [4.69, 9.17) is 6.85 Å². The Morgan fingerprint density at radius 3 is 1.29 bits per heavy atom. The van der Waals surface area contributed by atoms with Crippen molar-refractivity contribution in [2.24, 2.45) is 0 Å². The largest absolute Gasteiger partial charge is 0.310 e. The van der Waals surface area contributed by atoms with Gasteiger partial charge in [0.1, 0.15) is 0 Å². The molecule has 0 aliphatic heterocycles.